The molecule has 0 aliphatic heterocycles. The van der Waals surface area contributed by atoms with Crippen LogP contribution in [0.5, 0.6) is 0 Å². The Morgan fingerprint density at radius 1 is 1.19 bits per heavy atom. The van der Waals surface area contributed by atoms with Crippen molar-refractivity contribution in [3.8, 4) is 0 Å². The minimum absolute atomic E-state index is 0.0936. The van der Waals surface area contributed by atoms with E-state index >= 15 is 0 Å². The van der Waals surface area contributed by atoms with Crippen molar-refractivity contribution in [3.05, 3.63) is 47.3 Å². The van der Waals surface area contributed by atoms with Gasteiger partial charge in [0.2, 0.25) is 5.91 Å². The Bertz CT molecular complexity index is 659. The monoisotopic (exact) mass is 302 g/mol. The molecule has 0 saturated heterocycles. The molecule has 21 heavy (non-hydrogen) atoms. The van der Waals surface area contributed by atoms with E-state index < -0.39 is 0 Å². The number of carbonyl (C=O) groups excluding carboxylic acids is 2. The summed E-state index contributed by atoms with van der Waals surface area (Å²) < 4.78 is 0. The van der Waals surface area contributed by atoms with Gasteiger partial charge in [-0.25, -0.2) is 0 Å². The number of anilines is 1. The maximum absolute atomic E-state index is 12.2. The first kappa shape index (κ1) is 15.4. The second-order valence-electron chi connectivity index (χ2n) is 4.91. The van der Waals surface area contributed by atoms with Crippen LogP contribution in [0.3, 0.4) is 0 Å². The normalized spacial score (nSPS) is 10.4. The summed E-state index contributed by atoms with van der Waals surface area (Å²) >= 11 is 1.49. The number of carbonyl (C=O) groups is 2. The average molecular weight is 302 g/mol. The number of hydrogen-bond donors (Lipinski definition) is 2. The summed E-state index contributed by atoms with van der Waals surface area (Å²) in [5, 5.41) is 2.71. The number of benzene rings is 1. The van der Waals surface area contributed by atoms with E-state index in [1.165, 1.54) is 18.7 Å². The summed E-state index contributed by atoms with van der Waals surface area (Å²) in [6.45, 7) is 5.33. The van der Waals surface area contributed by atoms with Crippen LogP contribution < -0.4 is 5.32 Å². The highest BCUT2D eigenvalue weighted by Gasteiger charge is 2.11. The number of thioether (sulfide) groups is 1. The van der Waals surface area contributed by atoms with Crippen LogP contribution in [0.1, 0.15) is 28.7 Å². The molecular formula is C16H18N2O2S. The second kappa shape index (κ2) is 6.63. The van der Waals surface area contributed by atoms with E-state index in [0.29, 0.717) is 5.75 Å². The number of aromatic amines is 1. The lowest BCUT2D eigenvalue weighted by molar-refractivity contribution is -0.114. The molecule has 2 N–H and O–H groups in total. The number of rotatable bonds is 5. The topological polar surface area (TPSA) is 62.0 Å². The van der Waals surface area contributed by atoms with Gasteiger partial charge in [0, 0.05) is 34.5 Å². The molecular weight excluding hydrogens is 284 g/mol. The molecule has 1 aromatic heterocycles. The van der Waals surface area contributed by atoms with Crippen molar-refractivity contribution < 1.29 is 9.59 Å². The lowest BCUT2D eigenvalue weighted by atomic mass is 10.2. The third-order valence-corrected chi connectivity index (χ3v) is 4.01. The van der Waals surface area contributed by atoms with E-state index in [0.717, 1.165) is 27.5 Å². The van der Waals surface area contributed by atoms with Crippen molar-refractivity contribution in [1.82, 2.24) is 4.98 Å². The summed E-state index contributed by atoms with van der Waals surface area (Å²) in [7, 11) is 0. The lowest BCUT2D eigenvalue weighted by Crippen LogP contribution is -2.05. The average Bonchev–Trinajstić information content (AvgIpc) is 2.76. The van der Waals surface area contributed by atoms with E-state index in [1.54, 1.807) is 0 Å². The number of hydrogen-bond acceptors (Lipinski definition) is 3. The highest BCUT2D eigenvalue weighted by molar-refractivity contribution is 8.00. The van der Waals surface area contributed by atoms with Gasteiger partial charge in [-0.05, 0) is 44.2 Å². The minimum Gasteiger partial charge on any atom is -0.362 e. The Labute approximate surface area is 128 Å². The third-order valence-electron chi connectivity index (χ3n) is 2.99. The number of Topliss-reactive ketones (excluding diaryl/α,β-unsaturated/α-hetero) is 1. The van der Waals surface area contributed by atoms with Crippen LogP contribution in [0.2, 0.25) is 0 Å². The number of aromatic nitrogens is 1. The zero-order chi connectivity index (χ0) is 15.4. The zero-order valence-corrected chi connectivity index (χ0v) is 13.1. The summed E-state index contributed by atoms with van der Waals surface area (Å²) in [6, 6.07) is 9.36. The Morgan fingerprint density at radius 2 is 1.86 bits per heavy atom. The largest absolute Gasteiger partial charge is 0.362 e. The lowest BCUT2D eigenvalue weighted by Gasteiger charge is -2.04. The standard InChI is InChI=1S/C16H18N2O2S/c1-10-8-15(11(2)17-10)16(20)9-21-14-6-4-13(5-7-14)18-12(3)19/h4-8,17H,9H2,1-3H3,(H,18,19). The van der Waals surface area contributed by atoms with E-state index in [1.807, 2.05) is 44.2 Å². The number of ketones is 1. The van der Waals surface area contributed by atoms with Crippen molar-refractivity contribution in [2.24, 2.45) is 0 Å². The smallest absolute Gasteiger partial charge is 0.221 e. The molecule has 0 spiro atoms. The molecule has 0 aliphatic carbocycles. The maximum atomic E-state index is 12.2. The first-order chi connectivity index (χ1) is 9.95. The highest BCUT2D eigenvalue weighted by Crippen LogP contribution is 2.22. The van der Waals surface area contributed by atoms with E-state index in [-0.39, 0.29) is 11.7 Å². The molecule has 110 valence electrons. The third kappa shape index (κ3) is 4.23. The van der Waals surface area contributed by atoms with Gasteiger partial charge in [0.1, 0.15) is 0 Å². The van der Waals surface area contributed by atoms with Gasteiger partial charge in [-0.3, -0.25) is 9.59 Å². The first-order valence-electron chi connectivity index (χ1n) is 6.65. The maximum Gasteiger partial charge on any atom is 0.221 e. The molecule has 2 rings (SSSR count). The molecule has 1 heterocycles. The molecule has 0 fully saturated rings. The molecule has 0 unspecified atom stereocenters. The quantitative estimate of drug-likeness (QED) is 0.655. The van der Waals surface area contributed by atoms with Crippen molar-refractivity contribution in [3.63, 3.8) is 0 Å². The summed E-state index contributed by atoms with van der Waals surface area (Å²) in [4.78, 5) is 27.3. The summed E-state index contributed by atoms with van der Waals surface area (Å²) in [6.07, 6.45) is 0. The summed E-state index contributed by atoms with van der Waals surface area (Å²) in [5.74, 6) is 0.425. The van der Waals surface area contributed by atoms with Crippen molar-refractivity contribution in [2.45, 2.75) is 25.7 Å². The number of H-pyrrole nitrogens is 1. The molecule has 0 bridgehead atoms. The first-order valence-corrected chi connectivity index (χ1v) is 7.64. The highest BCUT2D eigenvalue weighted by atomic mass is 32.2. The second-order valence-corrected chi connectivity index (χ2v) is 5.96. The molecule has 4 nitrogen and oxygen atoms in total. The van der Waals surface area contributed by atoms with Crippen molar-refractivity contribution in [2.75, 3.05) is 11.1 Å². The predicted octanol–water partition coefficient (Wildman–Crippen LogP) is 3.56. The van der Waals surface area contributed by atoms with Crippen LogP contribution in [0.25, 0.3) is 0 Å². The van der Waals surface area contributed by atoms with Crippen LogP contribution in [-0.2, 0) is 4.79 Å². The van der Waals surface area contributed by atoms with E-state index in [9.17, 15) is 9.59 Å². The van der Waals surface area contributed by atoms with Crippen LogP contribution in [-0.4, -0.2) is 22.4 Å². The van der Waals surface area contributed by atoms with Gasteiger partial charge in [0.15, 0.2) is 5.78 Å². The fourth-order valence-electron chi connectivity index (χ4n) is 2.08. The van der Waals surface area contributed by atoms with Gasteiger partial charge >= 0.3 is 0 Å². The molecule has 0 atom stereocenters. The SMILES string of the molecule is CC(=O)Nc1ccc(SCC(=O)c2cc(C)[nH]c2C)cc1. The molecule has 2 aromatic rings. The molecule has 5 heteroatoms. The molecule has 0 radical (unpaired) electrons. The van der Waals surface area contributed by atoms with Gasteiger partial charge in [-0.15, -0.1) is 11.8 Å². The Balaban J connectivity index is 1.95. The van der Waals surface area contributed by atoms with Crippen LogP contribution in [0, 0.1) is 13.8 Å². The Morgan fingerprint density at radius 3 is 2.38 bits per heavy atom. The summed E-state index contributed by atoms with van der Waals surface area (Å²) in [5.41, 5.74) is 3.43. The van der Waals surface area contributed by atoms with E-state index in [4.69, 9.17) is 0 Å². The van der Waals surface area contributed by atoms with Gasteiger partial charge < -0.3 is 10.3 Å². The predicted molar refractivity (Wildman–Crippen MR) is 86.1 cm³/mol. The van der Waals surface area contributed by atoms with E-state index in [2.05, 4.69) is 10.3 Å². The van der Waals surface area contributed by atoms with Crippen LogP contribution in [0.4, 0.5) is 5.69 Å². The van der Waals surface area contributed by atoms with Crippen molar-refractivity contribution >= 4 is 29.1 Å². The van der Waals surface area contributed by atoms with Gasteiger partial charge in [0.05, 0.1) is 5.75 Å². The number of nitrogens with one attached hydrogen (secondary N) is 2. The molecule has 0 aliphatic rings. The van der Waals surface area contributed by atoms with Crippen LogP contribution in [0.15, 0.2) is 35.2 Å². The number of amides is 1. The molecule has 1 aromatic carbocycles. The Kier molecular flexibility index (Phi) is 4.85. The minimum atomic E-state index is -0.0936. The fraction of sp³-hybridized carbons (Fsp3) is 0.250. The van der Waals surface area contributed by atoms with Crippen LogP contribution >= 0.6 is 11.8 Å². The molecule has 1 amide bonds. The number of aryl methyl sites for hydroxylation is 2. The fourth-order valence-corrected chi connectivity index (χ4v) is 2.86. The Hall–Kier alpha value is -2.01. The molecule has 0 saturated carbocycles. The van der Waals surface area contributed by atoms with Gasteiger partial charge in [0.25, 0.3) is 0 Å². The van der Waals surface area contributed by atoms with Crippen molar-refractivity contribution in [1.29, 1.82) is 0 Å². The van der Waals surface area contributed by atoms with Gasteiger partial charge in [-0.1, -0.05) is 0 Å². The van der Waals surface area contributed by atoms with Gasteiger partial charge in [-0.2, -0.15) is 0 Å². The zero-order valence-electron chi connectivity index (χ0n) is 12.3.